The summed E-state index contributed by atoms with van der Waals surface area (Å²) in [7, 11) is 1.86. The number of likely N-dealkylation sites (tertiary alicyclic amines) is 1. The molecule has 1 aliphatic carbocycles. The van der Waals surface area contributed by atoms with Gasteiger partial charge in [-0.25, -0.2) is 4.98 Å². The zero-order valence-corrected chi connectivity index (χ0v) is 17.0. The van der Waals surface area contributed by atoms with Gasteiger partial charge in [0.15, 0.2) is 5.82 Å². The Labute approximate surface area is 169 Å². The lowest BCUT2D eigenvalue weighted by molar-refractivity contribution is -0.130. The van der Waals surface area contributed by atoms with Gasteiger partial charge >= 0.3 is 0 Å². The monoisotopic (exact) mass is 403 g/mol. The van der Waals surface area contributed by atoms with Crippen molar-refractivity contribution in [1.82, 2.24) is 24.6 Å². The van der Waals surface area contributed by atoms with Crippen LogP contribution in [0.3, 0.4) is 0 Å². The molecule has 4 rings (SSSR count). The summed E-state index contributed by atoms with van der Waals surface area (Å²) in [5.41, 5.74) is 0.822. The number of halogens is 1. The molecule has 9 heteroatoms. The number of nitrogens with zero attached hydrogens (tertiary/aromatic N) is 5. The molecule has 28 heavy (non-hydrogen) atoms. The third kappa shape index (κ3) is 4.06. The summed E-state index contributed by atoms with van der Waals surface area (Å²) in [6.07, 6.45) is 8.98. The number of amides is 1. The highest BCUT2D eigenvalue weighted by Crippen LogP contribution is 2.38. The van der Waals surface area contributed by atoms with Gasteiger partial charge in [0.1, 0.15) is 5.02 Å². The maximum atomic E-state index is 12.0. The Hall–Kier alpha value is -2.35. The average molecular weight is 404 g/mol. The smallest absolute Gasteiger partial charge is 0.229 e. The minimum absolute atomic E-state index is 0.267. The van der Waals surface area contributed by atoms with Crippen LogP contribution in [0.25, 0.3) is 0 Å². The van der Waals surface area contributed by atoms with Crippen LogP contribution in [0.2, 0.25) is 5.02 Å². The summed E-state index contributed by atoms with van der Waals surface area (Å²) in [6, 6.07) is 0.302. The van der Waals surface area contributed by atoms with E-state index in [2.05, 4.69) is 25.7 Å². The normalized spacial score (nSPS) is 24.1. The predicted octanol–water partition coefficient (Wildman–Crippen LogP) is 3.06. The molecule has 2 fully saturated rings. The van der Waals surface area contributed by atoms with E-state index in [9.17, 15) is 4.79 Å². The third-order valence-electron chi connectivity index (χ3n) is 5.75. The van der Waals surface area contributed by atoms with Gasteiger partial charge in [-0.15, -0.1) is 0 Å². The number of anilines is 3. The van der Waals surface area contributed by atoms with Crippen LogP contribution in [0.15, 0.2) is 18.6 Å². The fourth-order valence-corrected chi connectivity index (χ4v) is 4.47. The Bertz CT molecular complexity index is 855. The fraction of sp³-hybridized carbons (Fsp3) is 0.579. The number of hydrogen-bond donors (Lipinski definition) is 2. The number of nitrogens with one attached hydrogen (secondary N) is 2. The number of aryl methyl sites for hydroxylation is 1. The minimum Gasteiger partial charge on any atom is -0.366 e. The number of rotatable bonds is 5. The van der Waals surface area contributed by atoms with E-state index in [1.807, 2.05) is 25.1 Å². The number of hydrogen-bond acceptors (Lipinski definition) is 6. The van der Waals surface area contributed by atoms with Gasteiger partial charge in [0, 0.05) is 38.8 Å². The lowest BCUT2D eigenvalue weighted by Crippen LogP contribution is -2.32. The van der Waals surface area contributed by atoms with E-state index in [4.69, 9.17) is 11.6 Å². The van der Waals surface area contributed by atoms with E-state index in [0.29, 0.717) is 41.1 Å². The highest BCUT2D eigenvalue weighted by Gasteiger charge is 2.39. The molecule has 2 aromatic rings. The van der Waals surface area contributed by atoms with E-state index in [1.165, 1.54) is 0 Å². The second-order valence-corrected chi connectivity index (χ2v) is 8.15. The lowest BCUT2D eigenvalue weighted by atomic mass is 9.79. The number of aromatic nitrogens is 4. The van der Waals surface area contributed by atoms with Crippen molar-refractivity contribution in [2.75, 3.05) is 23.7 Å². The molecule has 3 atom stereocenters. The highest BCUT2D eigenvalue weighted by molar-refractivity contribution is 6.32. The van der Waals surface area contributed by atoms with Crippen molar-refractivity contribution in [3.8, 4) is 0 Å². The summed E-state index contributed by atoms with van der Waals surface area (Å²) in [4.78, 5) is 22.9. The molecular formula is C19H26ClN7O. The van der Waals surface area contributed by atoms with Crippen molar-refractivity contribution in [2.24, 2.45) is 18.9 Å². The summed E-state index contributed by atoms with van der Waals surface area (Å²) in [6.45, 7) is 3.72. The molecule has 2 aliphatic rings. The molecule has 1 amide bonds. The van der Waals surface area contributed by atoms with Gasteiger partial charge in [0.25, 0.3) is 0 Å². The van der Waals surface area contributed by atoms with Crippen LogP contribution in [0.5, 0.6) is 0 Å². The summed E-state index contributed by atoms with van der Waals surface area (Å²) >= 11 is 6.33. The van der Waals surface area contributed by atoms with Crippen LogP contribution in [-0.2, 0) is 11.8 Å². The predicted molar refractivity (Wildman–Crippen MR) is 109 cm³/mol. The largest absolute Gasteiger partial charge is 0.366 e. The van der Waals surface area contributed by atoms with Crippen LogP contribution in [-0.4, -0.2) is 49.7 Å². The maximum absolute atomic E-state index is 12.0. The Kier molecular flexibility index (Phi) is 5.39. The first-order valence-electron chi connectivity index (χ1n) is 9.84. The van der Waals surface area contributed by atoms with E-state index in [1.54, 1.807) is 17.1 Å². The second kappa shape index (κ2) is 7.95. The molecule has 0 aromatic carbocycles. The van der Waals surface area contributed by atoms with Crippen LogP contribution in [0, 0.1) is 11.8 Å². The van der Waals surface area contributed by atoms with Gasteiger partial charge in [-0.1, -0.05) is 18.5 Å². The second-order valence-electron chi connectivity index (χ2n) is 7.74. The van der Waals surface area contributed by atoms with Crippen molar-refractivity contribution in [1.29, 1.82) is 0 Å². The molecule has 0 spiro atoms. The minimum atomic E-state index is 0.267. The van der Waals surface area contributed by atoms with Gasteiger partial charge in [-0.05, 0) is 31.1 Å². The Morgan fingerprint density at radius 3 is 2.86 bits per heavy atom. The van der Waals surface area contributed by atoms with Gasteiger partial charge in [0.2, 0.25) is 11.9 Å². The van der Waals surface area contributed by atoms with Crippen LogP contribution < -0.4 is 10.6 Å². The molecule has 2 N–H and O–H groups in total. The molecule has 8 nitrogen and oxygen atoms in total. The lowest BCUT2D eigenvalue weighted by Gasteiger charge is -2.31. The van der Waals surface area contributed by atoms with Crippen LogP contribution in [0.1, 0.15) is 32.6 Å². The molecule has 1 aliphatic heterocycles. The molecule has 2 aromatic heterocycles. The number of fused-ring (bicyclic) bond motifs is 1. The van der Waals surface area contributed by atoms with E-state index >= 15 is 0 Å². The Balaban J connectivity index is 1.40. The molecule has 0 bridgehead atoms. The molecular weight excluding hydrogens is 378 g/mol. The van der Waals surface area contributed by atoms with E-state index in [0.717, 1.165) is 38.0 Å². The highest BCUT2D eigenvalue weighted by atomic mass is 35.5. The molecule has 1 saturated heterocycles. The topological polar surface area (TPSA) is 88.0 Å². The van der Waals surface area contributed by atoms with Crippen molar-refractivity contribution in [2.45, 2.75) is 38.6 Å². The quantitative estimate of drug-likeness (QED) is 0.797. The first-order chi connectivity index (χ1) is 13.5. The van der Waals surface area contributed by atoms with Crippen molar-refractivity contribution < 1.29 is 4.79 Å². The average Bonchev–Trinajstić information content (AvgIpc) is 3.29. The number of carbonyl (C=O) groups is 1. The Morgan fingerprint density at radius 1 is 1.29 bits per heavy atom. The van der Waals surface area contributed by atoms with Gasteiger partial charge in [-0.2, -0.15) is 10.1 Å². The molecule has 0 radical (unpaired) electrons. The van der Waals surface area contributed by atoms with Gasteiger partial charge < -0.3 is 15.5 Å². The van der Waals surface area contributed by atoms with Crippen LogP contribution >= 0.6 is 11.6 Å². The van der Waals surface area contributed by atoms with E-state index in [-0.39, 0.29) is 5.91 Å². The van der Waals surface area contributed by atoms with Gasteiger partial charge in [-0.3, -0.25) is 9.48 Å². The molecule has 150 valence electrons. The van der Waals surface area contributed by atoms with Crippen molar-refractivity contribution in [3.05, 3.63) is 23.6 Å². The zero-order chi connectivity index (χ0) is 19.7. The Morgan fingerprint density at radius 2 is 2.11 bits per heavy atom. The van der Waals surface area contributed by atoms with Crippen molar-refractivity contribution in [3.63, 3.8) is 0 Å². The zero-order valence-electron chi connectivity index (χ0n) is 16.2. The first kappa shape index (κ1) is 19.0. The van der Waals surface area contributed by atoms with Gasteiger partial charge in [0.05, 0.1) is 18.1 Å². The summed E-state index contributed by atoms with van der Waals surface area (Å²) in [5.74, 6) is 2.57. The van der Waals surface area contributed by atoms with Crippen molar-refractivity contribution >= 4 is 35.0 Å². The maximum Gasteiger partial charge on any atom is 0.229 e. The molecule has 3 heterocycles. The molecule has 3 unspecified atom stereocenters. The standard InChI is InChI=1S/C19H26ClN7O/c1-3-17(28)27-9-12-4-5-14(6-13(12)10-27)23-18-16(20)8-21-19(25-18)24-15-7-22-26(2)11-15/h7-8,11-14H,3-6,9-10H2,1-2H3,(H2,21,23,24,25). The molecule has 1 saturated carbocycles. The van der Waals surface area contributed by atoms with Crippen LogP contribution in [0.4, 0.5) is 17.5 Å². The number of carbonyl (C=O) groups excluding carboxylic acids is 1. The SMILES string of the molecule is CCC(=O)N1CC2CCC(Nc3nc(Nc4cnn(C)c4)ncc3Cl)CC2C1. The summed E-state index contributed by atoms with van der Waals surface area (Å²) < 4.78 is 1.71. The van der Waals surface area contributed by atoms with E-state index < -0.39 is 0 Å². The fourth-order valence-electron chi connectivity index (χ4n) is 4.33. The summed E-state index contributed by atoms with van der Waals surface area (Å²) in [5, 5.41) is 11.3. The first-order valence-corrected chi connectivity index (χ1v) is 10.2. The third-order valence-corrected chi connectivity index (χ3v) is 6.03.